The Morgan fingerprint density at radius 3 is 2.07 bits per heavy atom. The molecule has 0 amide bonds. The molecule has 0 heterocycles. The molecule has 0 fully saturated rings. The lowest BCUT2D eigenvalue weighted by atomic mass is 10.1. The number of aryl methyl sites for hydroxylation is 1. The van der Waals surface area contributed by atoms with Crippen LogP contribution in [0.25, 0.3) is 0 Å². The standard InChI is InChI=1S/C21H34O6SSi/c1-9-26-20(23)19(22)18(14-16(3)27-29(7,8)21(4,5)6)28(24,25)17-12-10-15(2)11-13-17/h10-13,16,18H,9,14H2,1-8H3/t16-,18?/m0/s1. The van der Waals surface area contributed by atoms with E-state index < -0.39 is 41.3 Å². The Balaban J connectivity index is 3.26. The van der Waals surface area contributed by atoms with Crippen LogP contribution in [-0.4, -0.2) is 46.4 Å². The van der Waals surface area contributed by atoms with Crippen molar-refractivity contribution >= 4 is 29.9 Å². The van der Waals surface area contributed by atoms with Gasteiger partial charge in [-0.25, -0.2) is 13.2 Å². The highest BCUT2D eigenvalue weighted by molar-refractivity contribution is 7.93. The molecule has 0 saturated heterocycles. The first-order chi connectivity index (χ1) is 13.1. The van der Waals surface area contributed by atoms with Gasteiger partial charge in [0.1, 0.15) is 5.25 Å². The molecule has 0 aliphatic heterocycles. The number of Topliss-reactive ketones (excluding diaryl/α,β-unsaturated/α-hetero) is 1. The van der Waals surface area contributed by atoms with Gasteiger partial charge in [0.25, 0.3) is 5.78 Å². The van der Waals surface area contributed by atoms with Gasteiger partial charge in [0.15, 0.2) is 18.2 Å². The van der Waals surface area contributed by atoms with Crippen molar-refractivity contribution in [2.45, 2.75) is 82.3 Å². The van der Waals surface area contributed by atoms with E-state index >= 15 is 0 Å². The molecule has 0 saturated carbocycles. The van der Waals surface area contributed by atoms with E-state index in [0.29, 0.717) is 0 Å². The van der Waals surface area contributed by atoms with Crippen molar-refractivity contribution in [2.24, 2.45) is 0 Å². The van der Waals surface area contributed by atoms with Gasteiger partial charge in [-0.3, -0.25) is 4.79 Å². The number of ether oxygens (including phenoxy) is 1. The quantitative estimate of drug-likeness (QED) is 0.325. The number of ketones is 1. The van der Waals surface area contributed by atoms with Crippen molar-refractivity contribution in [2.75, 3.05) is 6.61 Å². The predicted molar refractivity (Wildman–Crippen MR) is 116 cm³/mol. The van der Waals surface area contributed by atoms with E-state index in [1.807, 2.05) is 6.92 Å². The van der Waals surface area contributed by atoms with Gasteiger partial charge in [0.2, 0.25) is 0 Å². The van der Waals surface area contributed by atoms with Gasteiger partial charge in [0.05, 0.1) is 11.5 Å². The van der Waals surface area contributed by atoms with Gasteiger partial charge in [-0.05, 0) is 57.5 Å². The van der Waals surface area contributed by atoms with Crippen LogP contribution in [0.15, 0.2) is 29.2 Å². The average Bonchev–Trinajstić information content (AvgIpc) is 2.58. The SMILES string of the molecule is CCOC(=O)C(=O)C(C[C@H](C)O[Si](C)(C)C(C)(C)C)S(=O)(=O)c1ccc(C)cc1. The molecular formula is C21H34O6SSi. The third-order valence-corrected chi connectivity index (χ3v) is 12.0. The van der Waals surface area contributed by atoms with Crippen molar-refractivity contribution < 1.29 is 27.2 Å². The molecule has 29 heavy (non-hydrogen) atoms. The van der Waals surface area contributed by atoms with Crippen molar-refractivity contribution in [3.05, 3.63) is 29.8 Å². The van der Waals surface area contributed by atoms with Crippen LogP contribution in [0.2, 0.25) is 18.1 Å². The number of hydrogen-bond donors (Lipinski definition) is 0. The summed E-state index contributed by atoms with van der Waals surface area (Å²) in [6, 6.07) is 6.23. The zero-order valence-corrected chi connectivity index (χ0v) is 20.6. The molecule has 8 heteroatoms. The fraction of sp³-hybridized carbons (Fsp3) is 0.619. The smallest absolute Gasteiger partial charge is 0.376 e. The molecule has 1 unspecified atom stereocenters. The summed E-state index contributed by atoms with van der Waals surface area (Å²) in [6.07, 6.45) is -0.625. The van der Waals surface area contributed by atoms with Crippen LogP contribution >= 0.6 is 0 Å². The molecule has 1 rings (SSSR count). The minimum Gasteiger partial charge on any atom is -0.460 e. The zero-order chi connectivity index (χ0) is 22.6. The number of rotatable bonds is 9. The number of hydrogen-bond acceptors (Lipinski definition) is 6. The van der Waals surface area contributed by atoms with Gasteiger partial charge < -0.3 is 9.16 Å². The van der Waals surface area contributed by atoms with Crippen LogP contribution in [0.5, 0.6) is 0 Å². The van der Waals surface area contributed by atoms with E-state index in [2.05, 4.69) is 33.9 Å². The summed E-state index contributed by atoms with van der Waals surface area (Å²) < 4.78 is 37.5. The van der Waals surface area contributed by atoms with Gasteiger partial charge in [-0.15, -0.1) is 0 Å². The number of esters is 1. The molecule has 0 aliphatic rings. The normalized spacial score (nSPS) is 14.9. The topological polar surface area (TPSA) is 86.7 Å². The second-order valence-corrected chi connectivity index (χ2v) is 15.7. The molecule has 0 N–H and O–H groups in total. The molecule has 0 bridgehead atoms. The minimum absolute atomic E-state index is 0.00209. The zero-order valence-electron chi connectivity index (χ0n) is 18.7. The van der Waals surface area contributed by atoms with Crippen LogP contribution in [0.3, 0.4) is 0 Å². The molecular weight excluding hydrogens is 408 g/mol. The summed E-state index contributed by atoms with van der Waals surface area (Å²) in [6.45, 7) is 15.5. The Morgan fingerprint density at radius 1 is 1.10 bits per heavy atom. The maximum Gasteiger partial charge on any atom is 0.376 e. The fourth-order valence-corrected chi connectivity index (χ4v) is 5.83. The maximum atomic E-state index is 13.2. The number of carbonyl (C=O) groups is 2. The lowest BCUT2D eigenvalue weighted by molar-refractivity contribution is -0.153. The first-order valence-corrected chi connectivity index (χ1v) is 14.3. The fourth-order valence-electron chi connectivity index (χ4n) is 2.63. The molecule has 1 aromatic rings. The summed E-state index contributed by atoms with van der Waals surface area (Å²) in [7, 11) is -6.26. The number of sulfone groups is 1. The molecule has 2 atom stereocenters. The maximum absolute atomic E-state index is 13.2. The Labute approximate surface area is 176 Å². The largest absolute Gasteiger partial charge is 0.460 e. The van der Waals surface area contributed by atoms with E-state index in [4.69, 9.17) is 9.16 Å². The van der Waals surface area contributed by atoms with Gasteiger partial charge in [-0.2, -0.15) is 0 Å². The van der Waals surface area contributed by atoms with E-state index in [0.717, 1.165) is 5.56 Å². The van der Waals surface area contributed by atoms with Gasteiger partial charge in [0, 0.05) is 6.10 Å². The summed E-state index contributed by atoms with van der Waals surface area (Å²) in [5, 5.41) is -1.62. The monoisotopic (exact) mass is 442 g/mol. The van der Waals surface area contributed by atoms with Crippen LogP contribution in [0.4, 0.5) is 0 Å². The van der Waals surface area contributed by atoms with Crippen molar-refractivity contribution in [1.29, 1.82) is 0 Å². The summed E-state index contributed by atoms with van der Waals surface area (Å²) >= 11 is 0. The summed E-state index contributed by atoms with van der Waals surface area (Å²) in [4.78, 5) is 24.8. The Bertz CT molecular complexity index is 822. The van der Waals surface area contributed by atoms with E-state index in [1.165, 1.54) is 12.1 Å². The number of carbonyl (C=O) groups excluding carboxylic acids is 2. The Morgan fingerprint density at radius 2 is 1.62 bits per heavy atom. The molecule has 0 aliphatic carbocycles. The highest BCUT2D eigenvalue weighted by Gasteiger charge is 2.43. The van der Waals surface area contributed by atoms with Crippen molar-refractivity contribution in [3.8, 4) is 0 Å². The minimum atomic E-state index is -4.08. The van der Waals surface area contributed by atoms with Crippen LogP contribution in [0.1, 0.15) is 46.6 Å². The van der Waals surface area contributed by atoms with Gasteiger partial charge in [-0.1, -0.05) is 38.5 Å². The van der Waals surface area contributed by atoms with E-state index in [-0.39, 0.29) is 23.0 Å². The highest BCUT2D eigenvalue weighted by Crippen LogP contribution is 2.38. The van der Waals surface area contributed by atoms with Crippen LogP contribution in [-0.2, 0) is 28.6 Å². The molecule has 0 radical (unpaired) electrons. The van der Waals surface area contributed by atoms with Crippen LogP contribution < -0.4 is 0 Å². The summed E-state index contributed by atoms with van der Waals surface area (Å²) in [5.41, 5.74) is 0.895. The highest BCUT2D eigenvalue weighted by atomic mass is 32.2. The molecule has 6 nitrogen and oxygen atoms in total. The summed E-state index contributed by atoms with van der Waals surface area (Å²) in [5.74, 6) is -2.19. The van der Waals surface area contributed by atoms with Crippen molar-refractivity contribution in [1.82, 2.24) is 0 Å². The Hall–Kier alpha value is -1.51. The Kier molecular flexibility index (Phi) is 8.39. The van der Waals surface area contributed by atoms with Crippen LogP contribution in [0, 0.1) is 6.92 Å². The van der Waals surface area contributed by atoms with Crippen molar-refractivity contribution in [3.63, 3.8) is 0 Å². The molecule has 0 aromatic heterocycles. The molecule has 164 valence electrons. The second kappa shape index (κ2) is 9.53. The van der Waals surface area contributed by atoms with E-state index in [1.54, 1.807) is 26.0 Å². The molecule has 1 aromatic carbocycles. The second-order valence-electron chi connectivity index (χ2n) is 8.86. The lowest BCUT2D eigenvalue weighted by Gasteiger charge is -2.39. The predicted octanol–water partition coefficient (Wildman–Crippen LogP) is 4.07. The average molecular weight is 443 g/mol. The van der Waals surface area contributed by atoms with E-state index in [9.17, 15) is 18.0 Å². The molecule has 0 spiro atoms. The van der Waals surface area contributed by atoms with Gasteiger partial charge >= 0.3 is 5.97 Å². The third-order valence-electron chi connectivity index (χ3n) is 5.34. The number of benzene rings is 1. The first kappa shape index (κ1) is 25.5. The lowest BCUT2D eigenvalue weighted by Crippen LogP contribution is -2.46. The first-order valence-electron chi connectivity index (χ1n) is 9.83. The third kappa shape index (κ3) is 6.49.